The molecule has 0 aliphatic carbocycles. The van der Waals surface area contributed by atoms with Gasteiger partial charge in [0.05, 0.1) is 121 Å². The van der Waals surface area contributed by atoms with Crippen molar-refractivity contribution < 1.29 is 69.1 Å². The van der Waals surface area contributed by atoms with Gasteiger partial charge in [-0.25, -0.2) is 26.4 Å². The molecule has 642 valence electrons. The molecule has 10 rings (SSSR count). The van der Waals surface area contributed by atoms with Crippen molar-refractivity contribution in [2.45, 2.75) is 93.3 Å². The fourth-order valence-corrected chi connectivity index (χ4v) is 17.9. The first-order valence-corrected chi connectivity index (χ1v) is 45.1. The van der Waals surface area contributed by atoms with Crippen LogP contribution in [0.5, 0.6) is 0 Å². The van der Waals surface area contributed by atoms with Crippen LogP contribution < -0.4 is 26.4 Å². The summed E-state index contributed by atoms with van der Waals surface area (Å²) in [6.45, 7) is 19.6. The number of rotatable bonds is 47. The van der Waals surface area contributed by atoms with Gasteiger partial charge in [0.15, 0.2) is 9.84 Å². The van der Waals surface area contributed by atoms with Gasteiger partial charge in [-0.2, -0.15) is 0 Å². The number of nitrogens with two attached hydrogens (primary N) is 1. The van der Waals surface area contributed by atoms with Gasteiger partial charge in [-0.3, -0.25) is 4.79 Å². The minimum atomic E-state index is -3.77. The van der Waals surface area contributed by atoms with Crippen molar-refractivity contribution in [2.24, 2.45) is 5.73 Å². The van der Waals surface area contributed by atoms with E-state index in [0.29, 0.717) is 200 Å². The lowest BCUT2D eigenvalue weighted by Gasteiger charge is -2.33. The van der Waals surface area contributed by atoms with Crippen LogP contribution >= 0.6 is 69.6 Å². The van der Waals surface area contributed by atoms with Crippen molar-refractivity contribution in [1.82, 2.24) is 30.1 Å². The number of ketones is 1. The molecule has 2 amide bonds. The van der Waals surface area contributed by atoms with E-state index in [-0.39, 0.29) is 53.4 Å². The maximum Gasteiger partial charge on any atom is 0.319 e. The van der Waals surface area contributed by atoms with Gasteiger partial charge in [0.25, 0.3) is 0 Å². The number of Topliss-reactive ketones (excluding diaryl/α,β-unsaturated/α-hetero) is 1. The van der Waals surface area contributed by atoms with Crippen LogP contribution in [0, 0.1) is 0 Å². The molecule has 0 bridgehead atoms. The van der Waals surface area contributed by atoms with Crippen LogP contribution in [0.2, 0.25) is 30.1 Å². The molecule has 7 aromatic carbocycles. The summed E-state index contributed by atoms with van der Waals surface area (Å²) < 4.78 is 103. The lowest BCUT2D eigenvalue weighted by atomic mass is 9.84. The third kappa shape index (κ3) is 33.4. The molecule has 3 unspecified atom stereocenters. The van der Waals surface area contributed by atoms with Crippen LogP contribution in [-0.4, -0.2) is 235 Å². The van der Waals surface area contributed by atoms with Gasteiger partial charge in [-0.1, -0.05) is 137 Å². The zero-order valence-electron chi connectivity index (χ0n) is 67.6. The molecule has 3 aliphatic rings. The molecule has 0 aromatic heterocycles. The number of ether oxygens (including phenoxy) is 9. The Morgan fingerprint density at radius 2 is 0.880 bits per heavy atom. The summed E-state index contributed by atoms with van der Waals surface area (Å²) >= 11 is 38.3. The number of carbonyl (C=O) groups excluding carboxylic acids is 2. The summed E-state index contributed by atoms with van der Waals surface area (Å²) in [6, 6.07) is 41.0. The average Bonchev–Trinajstić information content (AvgIpc) is 0.787. The number of anilines is 1. The number of carbonyl (C=O) groups is 2. The van der Waals surface area contributed by atoms with E-state index in [4.69, 9.17) is 118 Å². The van der Waals surface area contributed by atoms with Gasteiger partial charge in [0.1, 0.15) is 5.78 Å². The molecule has 0 radical (unpaired) electrons. The number of halogens is 6. The van der Waals surface area contributed by atoms with Gasteiger partial charge in [0.2, 0.25) is 10.0 Å². The van der Waals surface area contributed by atoms with Crippen molar-refractivity contribution in [3.63, 3.8) is 0 Å². The Kier molecular flexibility index (Phi) is 43.2. The van der Waals surface area contributed by atoms with Crippen LogP contribution in [0.25, 0.3) is 0 Å². The number of sulfone groups is 1. The Labute approximate surface area is 721 Å². The molecule has 31 heteroatoms. The molecule has 3 atom stereocenters. The van der Waals surface area contributed by atoms with Crippen molar-refractivity contribution in [3.8, 4) is 0 Å². The molecule has 3 heterocycles. The second kappa shape index (κ2) is 52.1. The molecule has 3 aliphatic heterocycles. The van der Waals surface area contributed by atoms with Gasteiger partial charge in [0, 0.05) is 152 Å². The van der Waals surface area contributed by atoms with E-state index in [2.05, 4.69) is 72.8 Å². The maximum atomic E-state index is 13.1. The van der Waals surface area contributed by atoms with Crippen LogP contribution in [-0.2, 0) is 99.9 Å². The summed E-state index contributed by atoms with van der Waals surface area (Å²) in [7, 11) is -0.831. The summed E-state index contributed by atoms with van der Waals surface area (Å²) in [5.41, 5.74) is 17.8. The first-order chi connectivity index (χ1) is 56.4. The fourth-order valence-electron chi connectivity index (χ4n) is 13.8. The highest BCUT2D eigenvalue weighted by molar-refractivity contribution is 7.91. The van der Waals surface area contributed by atoms with E-state index in [1.165, 1.54) is 22.3 Å². The molecule has 117 heavy (non-hydrogen) atoms. The minimum Gasteiger partial charge on any atom is -0.379 e. The zero-order chi connectivity index (χ0) is 84.0. The number of fused-ring (bicyclic) bond motifs is 3. The van der Waals surface area contributed by atoms with E-state index >= 15 is 0 Å². The monoisotopic (exact) mass is 1770 g/mol. The van der Waals surface area contributed by atoms with Gasteiger partial charge in [-0.15, -0.1) is 0 Å². The predicted octanol–water partition coefficient (Wildman–Crippen LogP) is 14.1. The molecule has 0 fully saturated rings. The Bertz CT molecular complexity index is 4450. The lowest BCUT2D eigenvalue weighted by Crippen LogP contribution is -2.31. The Balaban J connectivity index is 0.000000245. The number of benzene rings is 7. The topological polar surface area (TPSA) is 269 Å². The fraction of sp³-hybridized carbons (Fsp3) is 0.488. The predicted molar refractivity (Wildman–Crippen MR) is 466 cm³/mol. The quantitative estimate of drug-likeness (QED) is 0.0222. The zero-order valence-corrected chi connectivity index (χ0v) is 73.8. The molecule has 6 N–H and O–H groups in total. The van der Waals surface area contributed by atoms with E-state index < -0.39 is 19.9 Å². The summed E-state index contributed by atoms with van der Waals surface area (Å²) in [6.07, 6.45) is 2.02. The van der Waals surface area contributed by atoms with Crippen molar-refractivity contribution in [1.29, 1.82) is 0 Å². The second-order valence-electron chi connectivity index (χ2n) is 28.7. The number of nitrogens with one attached hydrogen (secondary N) is 4. The average molecular weight is 1780 g/mol. The molecule has 0 spiro atoms. The summed E-state index contributed by atoms with van der Waals surface area (Å²) in [4.78, 5) is 31.8. The molecule has 7 aromatic rings. The van der Waals surface area contributed by atoms with E-state index in [0.717, 1.165) is 83.2 Å². The Morgan fingerprint density at radius 3 is 1.36 bits per heavy atom. The van der Waals surface area contributed by atoms with Crippen LogP contribution in [0.1, 0.15) is 112 Å². The number of likely N-dealkylation sites (N-methyl/N-ethyl adjacent to an activating group) is 3. The maximum absolute atomic E-state index is 13.1. The van der Waals surface area contributed by atoms with Gasteiger partial charge >= 0.3 is 6.03 Å². The SMILES string of the molecule is CCCS(=O)(=O)c1cccc(C2CN(C)Cc3c(Cl)cc(Cl)cc32)c1.CCOCCOCCOCCCC(=O)Cc1ccc(NC(=O)NCCOCCOCCOCCNS(=O)(=O)c2cccc(C3CN(C)Cc4c(Cl)cc(Cl)cc43)c2)cc1.CN1Cc2c(Cl)cc(Cl)cc2C(c2cccc(CNCCOCCOCCOCCN)c2)C1. The van der Waals surface area contributed by atoms with E-state index in [1.807, 2.05) is 76.5 Å². The molecular weight excluding hydrogens is 1660 g/mol. The first kappa shape index (κ1) is 97.0. The van der Waals surface area contributed by atoms with E-state index in [9.17, 15) is 26.4 Å². The third-order valence-electron chi connectivity index (χ3n) is 19.4. The standard InChI is InChI=1S/C42H58Cl2N4O10S.C25H35Cl2N3O3.C19H21Cl2NO2S/c1-3-53-18-19-57-23-20-54-15-5-7-36(49)26-32-9-11-35(12-10-32)47-42(50)45-13-16-55-21-24-58-25-22-56-17-14-46-59(51,52)37-8-4-6-33(27-37)39-30-48(2)31-40-38(39)28-34(43)29-41(40)44;1-30-17-23(22-14-21(26)15-25(27)24(22)18-30)20-4-2-3-19(13-20)16-29-6-8-32-10-12-33-11-9-31-7-5-28;1-3-7-25(23,24)15-6-4-5-13(8-15)17-11-22(2)12-18-16(17)9-14(20)10-19(18)21/h4,6,8-12,27-29,39,46H,3,5,7,13-26,30-31H2,1-2H3,(H2,45,47,50);2-4,13-15,23,29H,5-12,16-18,28H2,1H3;4-6,8-10,17H,3,7,11-12H2,1-2H3. The third-order valence-corrected chi connectivity index (χ3v) is 24.4. The number of amides is 2. The molecular formula is C86H114Cl6N8O15S2. The number of sulfonamides is 1. The summed E-state index contributed by atoms with van der Waals surface area (Å²) in [5.74, 6) is 0.505. The number of nitrogens with zero attached hydrogens (tertiary/aromatic N) is 3. The van der Waals surface area contributed by atoms with Gasteiger partial charge in [-0.05, 0) is 175 Å². The Morgan fingerprint density at radius 1 is 0.462 bits per heavy atom. The van der Waals surface area contributed by atoms with Crippen molar-refractivity contribution in [2.75, 3.05) is 197 Å². The Hall–Kier alpha value is -5.48. The highest BCUT2D eigenvalue weighted by Gasteiger charge is 2.32. The number of urea groups is 1. The smallest absolute Gasteiger partial charge is 0.319 e. The molecule has 0 saturated heterocycles. The number of hydrogen-bond acceptors (Lipinski definition) is 20. The van der Waals surface area contributed by atoms with Crippen molar-refractivity contribution >= 4 is 107 Å². The summed E-state index contributed by atoms with van der Waals surface area (Å²) in [5, 5.41) is 12.8. The number of hydrogen-bond donors (Lipinski definition) is 5. The second-order valence-corrected chi connectivity index (χ2v) is 35.1. The highest BCUT2D eigenvalue weighted by atomic mass is 35.5. The van der Waals surface area contributed by atoms with Crippen LogP contribution in [0.4, 0.5) is 10.5 Å². The minimum absolute atomic E-state index is 0.0433. The lowest BCUT2D eigenvalue weighted by molar-refractivity contribution is -0.118. The van der Waals surface area contributed by atoms with Crippen molar-refractivity contribution in [3.05, 3.63) is 225 Å². The normalized spacial score (nSPS) is 15.6. The molecule has 23 nitrogen and oxygen atoms in total. The first-order valence-electron chi connectivity index (χ1n) is 39.7. The molecule has 0 saturated carbocycles. The van der Waals surface area contributed by atoms with Gasteiger partial charge < -0.3 is 79.0 Å². The van der Waals surface area contributed by atoms with Crippen LogP contribution in [0.3, 0.4) is 0 Å². The van der Waals surface area contributed by atoms with E-state index in [1.54, 1.807) is 54.6 Å². The van der Waals surface area contributed by atoms with Crippen LogP contribution in [0.15, 0.2) is 143 Å². The largest absolute Gasteiger partial charge is 0.379 e. The highest BCUT2D eigenvalue weighted by Crippen LogP contribution is 2.42.